The summed E-state index contributed by atoms with van der Waals surface area (Å²) in [5.74, 6) is -1.16. The van der Waals surface area contributed by atoms with Crippen LogP contribution in [0.25, 0.3) is 0 Å². The van der Waals surface area contributed by atoms with Gasteiger partial charge in [0.25, 0.3) is 5.91 Å². The first-order valence-electron chi connectivity index (χ1n) is 5.05. The average Bonchev–Trinajstić information content (AvgIpc) is 2.33. The van der Waals surface area contributed by atoms with Gasteiger partial charge in [0.2, 0.25) is 0 Å². The van der Waals surface area contributed by atoms with Gasteiger partial charge >= 0.3 is 0 Å². The SMILES string of the molecule is CN/C(N)=C(\C(=N)Br)C(=O)Nc1ccc(F)c(Cl)c1. The largest absolute Gasteiger partial charge is 0.385 e. The predicted molar refractivity (Wildman–Crippen MR) is 77.0 cm³/mol. The Labute approximate surface area is 122 Å². The van der Waals surface area contributed by atoms with E-state index >= 15 is 0 Å². The fraction of sp³-hybridized carbons (Fsp3) is 0.0909. The molecule has 1 aromatic rings. The Morgan fingerprint density at radius 3 is 2.63 bits per heavy atom. The number of nitrogens with two attached hydrogens (primary N) is 1. The smallest absolute Gasteiger partial charge is 0.262 e. The van der Waals surface area contributed by atoms with Crippen molar-refractivity contribution in [1.82, 2.24) is 5.32 Å². The molecule has 19 heavy (non-hydrogen) atoms. The zero-order valence-corrected chi connectivity index (χ0v) is 12.2. The maximum atomic E-state index is 13.0. The van der Waals surface area contributed by atoms with Gasteiger partial charge in [-0.15, -0.1) is 0 Å². The van der Waals surface area contributed by atoms with Crippen LogP contribution >= 0.6 is 27.5 Å². The number of hydrogen-bond donors (Lipinski definition) is 4. The second-order valence-electron chi connectivity index (χ2n) is 3.44. The highest BCUT2D eigenvalue weighted by Crippen LogP contribution is 2.20. The van der Waals surface area contributed by atoms with Gasteiger partial charge in [0, 0.05) is 12.7 Å². The number of anilines is 1. The Bertz CT molecular complexity index is 562. The first-order valence-corrected chi connectivity index (χ1v) is 6.22. The van der Waals surface area contributed by atoms with Crippen LogP contribution in [0.4, 0.5) is 10.1 Å². The highest BCUT2D eigenvalue weighted by Gasteiger charge is 2.17. The fourth-order valence-electron chi connectivity index (χ4n) is 1.23. The number of nitrogens with one attached hydrogen (secondary N) is 3. The first kappa shape index (κ1) is 15.5. The van der Waals surface area contributed by atoms with Crippen molar-refractivity contribution >= 4 is 43.7 Å². The normalized spacial score (nSPS) is 11.6. The quantitative estimate of drug-likeness (QED) is 0.496. The second kappa shape index (κ2) is 6.53. The molecule has 1 amide bonds. The molecule has 0 saturated heterocycles. The van der Waals surface area contributed by atoms with Crippen LogP contribution < -0.4 is 16.4 Å². The Morgan fingerprint density at radius 1 is 1.53 bits per heavy atom. The lowest BCUT2D eigenvalue weighted by Gasteiger charge is -2.10. The summed E-state index contributed by atoms with van der Waals surface area (Å²) >= 11 is 8.48. The molecule has 0 saturated carbocycles. The topological polar surface area (TPSA) is 91.0 Å². The Kier molecular flexibility index (Phi) is 5.31. The minimum absolute atomic E-state index is 0.0348. The van der Waals surface area contributed by atoms with E-state index in [1.165, 1.54) is 19.2 Å². The molecule has 0 spiro atoms. The van der Waals surface area contributed by atoms with Crippen molar-refractivity contribution in [2.75, 3.05) is 12.4 Å². The summed E-state index contributed by atoms with van der Waals surface area (Å²) in [4.78, 5) is 12.0. The molecule has 0 aromatic heterocycles. The molecule has 0 atom stereocenters. The van der Waals surface area contributed by atoms with Crippen molar-refractivity contribution in [2.24, 2.45) is 5.73 Å². The highest BCUT2D eigenvalue weighted by atomic mass is 79.9. The molecule has 0 unspecified atom stereocenters. The average molecular weight is 350 g/mol. The van der Waals surface area contributed by atoms with E-state index in [-0.39, 0.29) is 21.0 Å². The van der Waals surface area contributed by atoms with Crippen LogP contribution in [-0.4, -0.2) is 17.6 Å². The Balaban J connectivity index is 3.01. The molecule has 0 fully saturated rings. The summed E-state index contributed by atoms with van der Waals surface area (Å²) in [6, 6.07) is 3.74. The molecule has 0 aliphatic carbocycles. The summed E-state index contributed by atoms with van der Waals surface area (Å²) in [6.45, 7) is 0. The van der Waals surface area contributed by atoms with Gasteiger partial charge in [-0.2, -0.15) is 0 Å². The summed E-state index contributed by atoms with van der Waals surface area (Å²) < 4.78 is 12.8. The van der Waals surface area contributed by atoms with Gasteiger partial charge in [0.15, 0.2) is 0 Å². The number of benzene rings is 1. The third-order valence-electron chi connectivity index (χ3n) is 2.16. The molecular weight excluding hydrogens is 339 g/mol. The highest BCUT2D eigenvalue weighted by molar-refractivity contribution is 9.18. The molecule has 0 bridgehead atoms. The molecule has 5 N–H and O–H groups in total. The van der Waals surface area contributed by atoms with E-state index in [1.54, 1.807) is 0 Å². The number of halogens is 3. The van der Waals surface area contributed by atoms with Crippen LogP contribution in [0.3, 0.4) is 0 Å². The summed E-state index contributed by atoms with van der Waals surface area (Å²) in [5, 5.41) is 12.4. The van der Waals surface area contributed by atoms with Crippen LogP contribution in [-0.2, 0) is 4.79 Å². The van der Waals surface area contributed by atoms with Crippen molar-refractivity contribution in [3.8, 4) is 0 Å². The van der Waals surface area contributed by atoms with E-state index in [9.17, 15) is 9.18 Å². The molecular formula is C11H11BrClFN4O. The standard InChI is InChI=1S/C11H11BrClFN4O/c1-17-10(16)8(9(12)15)11(19)18-5-2-3-7(14)6(13)4-5/h2-4,15,17H,16H2,1H3,(H,18,19)/b10-8+,15-9?. The molecule has 1 rings (SSSR count). The van der Waals surface area contributed by atoms with Crippen molar-refractivity contribution < 1.29 is 9.18 Å². The molecule has 5 nitrogen and oxygen atoms in total. The molecule has 0 aliphatic heterocycles. The predicted octanol–water partition coefficient (Wildman–Crippen LogP) is 2.18. The lowest BCUT2D eigenvalue weighted by atomic mass is 10.2. The van der Waals surface area contributed by atoms with Crippen LogP contribution in [0.2, 0.25) is 5.02 Å². The van der Waals surface area contributed by atoms with Gasteiger partial charge < -0.3 is 16.4 Å². The van der Waals surface area contributed by atoms with Gasteiger partial charge in [-0.05, 0) is 34.1 Å². The van der Waals surface area contributed by atoms with Crippen LogP contribution in [0.5, 0.6) is 0 Å². The van der Waals surface area contributed by atoms with E-state index in [0.717, 1.165) is 6.07 Å². The third-order valence-corrected chi connectivity index (χ3v) is 2.85. The lowest BCUT2D eigenvalue weighted by molar-refractivity contribution is -0.112. The number of amides is 1. The van der Waals surface area contributed by atoms with E-state index in [0.29, 0.717) is 5.69 Å². The number of carbonyl (C=O) groups excluding carboxylic acids is 1. The Morgan fingerprint density at radius 2 is 2.16 bits per heavy atom. The molecule has 0 radical (unpaired) electrons. The number of hydrogen-bond acceptors (Lipinski definition) is 4. The summed E-state index contributed by atoms with van der Waals surface area (Å²) in [7, 11) is 1.52. The maximum Gasteiger partial charge on any atom is 0.262 e. The minimum Gasteiger partial charge on any atom is -0.385 e. The molecule has 0 aliphatic rings. The molecule has 8 heteroatoms. The van der Waals surface area contributed by atoms with Gasteiger partial charge in [0.05, 0.1) is 5.02 Å². The molecule has 0 heterocycles. The van der Waals surface area contributed by atoms with E-state index in [1.807, 2.05) is 0 Å². The zero-order valence-electron chi connectivity index (χ0n) is 9.85. The van der Waals surface area contributed by atoms with Gasteiger partial charge in [-0.3, -0.25) is 10.2 Å². The minimum atomic E-state index is -0.614. The van der Waals surface area contributed by atoms with Crippen molar-refractivity contribution in [1.29, 1.82) is 5.41 Å². The summed E-state index contributed by atoms with van der Waals surface area (Å²) in [5.41, 5.74) is 5.81. The van der Waals surface area contributed by atoms with E-state index in [2.05, 4.69) is 26.6 Å². The summed E-state index contributed by atoms with van der Waals surface area (Å²) in [6.07, 6.45) is 0. The lowest BCUT2D eigenvalue weighted by Crippen LogP contribution is -2.27. The van der Waals surface area contributed by atoms with Crippen molar-refractivity contribution in [3.05, 3.63) is 40.4 Å². The van der Waals surface area contributed by atoms with Crippen LogP contribution in [0.1, 0.15) is 0 Å². The third kappa shape index (κ3) is 3.93. The first-order chi connectivity index (χ1) is 8.86. The van der Waals surface area contributed by atoms with Gasteiger partial charge in [-0.25, -0.2) is 4.39 Å². The number of rotatable bonds is 4. The van der Waals surface area contributed by atoms with Crippen LogP contribution in [0, 0.1) is 11.2 Å². The zero-order chi connectivity index (χ0) is 14.6. The number of carbonyl (C=O) groups is 1. The van der Waals surface area contributed by atoms with Crippen molar-refractivity contribution in [3.63, 3.8) is 0 Å². The monoisotopic (exact) mass is 348 g/mol. The molecule has 102 valence electrons. The molecule has 1 aromatic carbocycles. The van der Waals surface area contributed by atoms with Gasteiger partial charge in [-0.1, -0.05) is 11.6 Å². The van der Waals surface area contributed by atoms with Crippen LogP contribution in [0.15, 0.2) is 29.6 Å². The second-order valence-corrected chi connectivity index (χ2v) is 4.64. The Hall–Kier alpha value is -1.60. The van der Waals surface area contributed by atoms with Crippen molar-refractivity contribution in [2.45, 2.75) is 0 Å². The van der Waals surface area contributed by atoms with E-state index < -0.39 is 11.7 Å². The van der Waals surface area contributed by atoms with Gasteiger partial charge in [0.1, 0.15) is 21.8 Å². The maximum absolute atomic E-state index is 13.0. The van der Waals surface area contributed by atoms with E-state index in [4.69, 9.17) is 22.7 Å². The fourth-order valence-corrected chi connectivity index (χ4v) is 1.81.